The van der Waals surface area contributed by atoms with Crippen LogP contribution in [0, 0.1) is 0 Å². The Hall–Kier alpha value is -3.54. The molecule has 3 rings (SSSR count). The van der Waals surface area contributed by atoms with Gasteiger partial charge in [0.25, 0.3) is 0 Å². The number of pyridine rings is 1. The van der Waals surface area contributed by atoms with E-state index in [1.54, 1.807) is 36.7 Å². The van der Waals surface area contributed by atoms with E-state index in [4.69, 9.17) is 18.9 Å². The predicted molar refractivity (Wildman–Crippen MR) is 106 cm³/mol. The van der Waals surface area contributed by atoms with Crippen LogP contribution in [0.5, 0.6) is 23.0 Å². The van der Waals surface area contributed by atoms with Crippen LogP contribution in [0.4, 0.5) is 0 Å². The summed E-state index contributed by atoms with van der Waals surface area (Å²) in [5.74, 6) is 1.51. The number of aromatic nitrogens is 1. The van der Waals surface area contributed by atoms with Crippen molar-refractivity contribution in [1.29, 1.82) is 0 Å². The topological polar surface area (TPSA) is 66.9 Å². The molecule has 0 fully saturated rings. The molecule has 6 nitrogen and oxygen atoms in total. The average Bonchev–Trinajstić information content (AvgIpc) is 2.77. The number of benzene rings is 2. The van der Waals surface area contributed by atoms with Crippen molar-refractivity contribution in [3.8, 4) is 34.1 Å². The second kappa shape index (κ2) is 8.43. The molecule has 0 radical (unpaired) electrons. The summed E-state index contributed by atoms with van der Waals surface area (Å²) >= 11 is 0. The van der Waals surface area contributed by atoms with Crippen LogP contribution in [0.25, 0.3) is 11.1 Å². The van der Waals surface area contributed by atoms with Crippen LogP contribution >= 0.6 is 0 Å². The number of methoxy groups -OCH3 is 4. The summed E-state index contributed by atoms with van der Waals surface area (Å²) < 4.78 is 21.5. The van der Waals surface area contributed by atoms with Crippen LogP contribution in [0.15, 0.2) is 54.9 Å². The minimum absolute atomic E-state index is 0.221. The molecule has 3 aromatic rings. The number of hydrogen-bond donors (Lipinski definition) is 0. The molecule has 0 saturated carbocycles. The van der Waals surface area contributed by atoms with Gasteiger partial charge in [-0.05, 0) is 35.9 Å². The highest BCUT2D eigenvalue weighted by molar-refractivity contribution is 6.12. The van der Waals surface area contributed by atoms with Gasteiger partial charge in [-0.25, -0.2) is 0 Å². The summed E-state index contributed by atoms with van der Waals surface area (Å²) in [7, 11) is 6.07. The van der Waals surface area contributed by atoms with E-state index in [0.29, 0.717) is 34.1 Å². The summed E-state index contributed by atoms with van der Waals surface area (Å²) in [6.07, 6.45) is 3.45. The summed E-state index contributed by atoms with van der Waals surface area (Å²) in [6, 6.07) is 12.5. The van der Waals surface area contributed by atoms with Crippen LogP contribution in [0.1, 0.15) is 15.9 Å². The van der Waals surface area contributed by atoms with Crippen LogP contribution in [-0.2, 0) is 0 Å². The largest absolute Gasteiger partial charge is 0.496 e. The van der Waals surface area contributed by atoms with E-state index in [2.05, 4.69) is 4.98 Å². The van der Waals surface area contributed by atoms with E-state index in [1.165, 1.54) is 28.4 Å². The molecule has 1 heterocycles. The first-order valence-electron chi connectivity index (χ1n) is 8.56. The molecule has 2 aromatic carbocycles. The Morgan fingerprint density at radius 1 is 0.786 bits per heavy atom. The summed E-state index contributed by atoms with van der Waals surface area (Å²) in [4.78, 5) is 17.4. The molecule has 0 amide bonds. The zero-order valence-electron chi connectivity index (χ0n) is 16.2. The fraction of sp³-hybridized carbons (Fsp3) is 0.182. The Bertz CT molecular complexity index is 960. The van der Waals surface area contributed by atoms with Gasteiger partial charge in [-0.2, -0.15) is 0 Å². The smallest absolute Gasteiger partial charge is 0.203 e. The Kier molecular flexibility index (Phi) is 5.79. The number of carbonyl (C=O) groups excluding carboxylic acids is 1. The fourth-order valence-electron chi connectivity index (χ4n) is 2.97. The van der Waals surface area contributed by atoms with Gasteiger partial charge >= 0.3 is 0 Å². The van der Waals surface area contributed by atoms with Crippen molar-refractivity contribution in [2.75, 3.05) is 28.4 Å². The standard InChI is InChI=1S/C22H21NO5/c1-25-18-8-7-14(15-6-5-9-23-13-15)10-17(18)21(24)16-11-19(26-2)22(28-4)20(12-16)27-3/h5-13H,1-4H3. The van der Waals surface area contributed by atoms with Crippen molar-refractivity contribution < 1.29 is 23.7 Å². The third kappa shape index (κ3) is 3.62. The molecule has 0 N–H and O–H groups in total. The van der Waals surface area contributed by atoms with Gasteiger partial charge in [-0.1, -0.05) is 12.1 Å². The lowest BCUT2D eigenvalue weighted by Gasteiger charge is -2.15. The Morgan fingerprint density at radius 2 is 1.46 bits per heavy atom. The van der Waals surface area contributed by atoms with Gasteiger partial charge in [0.1, 0.15) is 5.75 Å². The van der Waals surface area contributed by atoms with Gasteiger partial charge in [0.15, 0.2) is 17.3 Å². The molecule has 0 aliphatic carbocycles. The van der Waals surface area contributed by atoms with Gasteiger partial charge in [0.05, 0.1) is 34.0 Å². The third-order valence-corrected chi connectivity index (χ3v) is 4.37. The zero-order chi connectivity index (χ0) is 20.1. The number of hydrogen-bond acceptors (Lipinski definition) is 6. The lowest BCUT2D eigenvalue weighted by atomic mass is 9.97. The number of ketones is 1. The van der Waals surface area contributed by atoms with Crippen molar-refractivity contribution in [2.45, 2.75) is 0 Å². The van der Waals surface area contributed by atoms with Crippen LogP contribution < -0.4 is 18.9 Å². The molecule has 0 atom stereocenters. The molecule has 0 bridgehead atoms. The van der Waals surface area contributed by atoms with Crippen LogP contribution in [-0.4, -0.2) is 39.2 Å². The summed E-state index contributed by atoms with van der Waals surface area (Å²) in [6.45, 7) is 0. The first-order chi connectivity index (χ1) is 13.6. The van der Waals surface area contributed by atoms with E-state index >= 15 is 0 Å². The molecule has 0 unspecified atom stereocenters. The summed E-state index contributed by atoms with van der Waals surface area (Å²) in [5.41, 5.74) is 2.60. The van der Waals surface area contributed by atoms with Crippen molar-refractivity contribution in [1.82, 2.24) is 4.98 Å². The highest BCUT2D eigenvalue weighted by atomic mass is 16.5. The average molecular weight is 379 g/mol. The van der Waals surface area contributed by atoms with Crippen LogP contribution in [0.2, 0.25) is 0 Å². The Labute approximate surface area is 163 Å². The monoisotopic (exact) mass is 379 g/mol. The van der Waals surface area contributed by atoms with Crippen molar-refractivity contribution in [2.24, 2.45) is 0 Å². The van der Waals surface area contributed by atoms with Gasteiger partial charge in [-0.15, -0.1) is 0 Å². The highest BCUT2D eigenvalue weighted by Gasteiger charge is 2.21. The molecule has 0 saturated heterocycles. The van der Waals surface area contributed by atoms with Crippen molar-refractivity contribution in [3.05, 3.63) is 66.0 Å². The molecule has 0 aliphatic heterocycles. The number of rotatable bonds is 7. The second-order valence-corrected chi connectivity index (χ2v) is 5.90. The van der Waals surface area contributed by atoms with Crippen molar-refractivity contribution in [3.63, 3.8) is 0 Å². The van der Waals surface area contributed by atoms with Gasteiger partial charge < -0.3 is 18.9 Å². The number of ether oxygens (including phenoxy) is 4. The minimum Gasteiger partial charge on any atom is -0.496 e. The molecule has 6 heteroatoms. The third-order valence-electron chi connectivity index (χ3n) is 4.37. The molecular weight excluding hydrogens is 358 g/mol. The Balaban J connectivity index is 2.11. The van der Waals surface area contributed by atoms with Crippen molar-refractivity contribution >= 4 is 5.78 Å². The second-order valence-electron chi connectivity index (χ2n) is 5.90. The van der Waals surface area contributed by atoms with Crippen LogP contribution in [0.3, 0.4) is 0 Å². The quantitative estimate of drug-likeness (QED) is 0.578. The Morgan fingerprint density at radius 3 is 2.00 bits per heavy atom. The highest BCUT2D eigenvalue weighted by Crippen LogP contribution is 2.39. The maximum atomic E-state index is 13.3. The first-order valence-corrected chi connectivity index (χ1v) is 8.56. The van der Waals surface area contributed by atoms with Gasteiger partial charge in [0.2, 0.25) is 5.75 Å². The molecule has 0 aliphatic rings. The van der Waals surface area contributed by atoms with E-state index in [-0.39, 0.29) is 5.78 Å². The lowest BCUT2D eigenvalue weighted by Crippen LogP contribution is -2.06. The van der Waals surface area contributed by atoms with E-state index in [0.717, 1.165) is 11.1 Å². The van der Waals surface area contributed by atoms with Gasteiger partial charge in [-0.3, -0.25) is 9.78 Å². The van der Waals surface area contributed by atoms with Gasteiger partial charge in [0, 0.05) is 23.5 Å². The fourth-order valence-corrected chi connectivity index (χ4v) is 2.97. The lowest BCUT2D eigenvalue weighted by molar-refractivity contribution is 0.103. The maximum absolute atomic E-state index is 13.3. The first kappa shape index (κ1) is 19.2. The predicted octanol–water partition coefficient (Wildman–Crippen LogP) is 4.01. The number of nitrogens with zero attached hydrogens (tertiary/aromatic N) is 1. The molecule has 0 spiro atoms. The summed E-state index contributed by atoms with van der Waals surface area (Å²) in [5, 5.41) is 0. The van der Waals surface area contributed by atoms with E-state index in [9.17, 15) is 4.79 Å². The van der Waals surface area contributed by atoms with E-state index < -0.39 is 0 Å². The SMILES string of the molecule is COc1ccc(-c2cccnc2)cc1C(=O)c1cc(OC)c(OC)c(OC)c1. The normalized spacial score (nSPS) is 10.3. The molecular formula is C22H21NO5. The molecule has 144 valence electrons. The zero-order valence-corrected chi connectivity index (χ0v) is 16.2. The molecule has 28 heavy (non-hydrogen) atoms. The minimum atomic E-state index is -0.221. The number of carbonyl (C=O) groups is 1. The molecule has 1 aromatic heterocycles. The van der Waals surface area contributed by atoms with E-state index in [1.807, 2.05) is 18.2 Å². The maximum Gasteiger partial charge on any atom is 0.203 e.